The van der Waals surface area contributed by atoms with Gasteiger partial charge in [-0.3, -0.25) is 4.79 Å². The van der Waals surface area contributed by atoms with Crippen LogP contribution in [0.2, 0.25) is 0 Å². The lowest BCUT2D eigenvalue weighted by molar-refractivity contribution is 0.0701. The number of aryl methyl sites for hydroxylation is 1. The predicted molar refractivity (Wildman–Crippen MR) is 89.8 cm³/mol. The van der Waals surface area contributed by atoms with Crippen LogP contribution in [0.25, 0.3) is 5.78 Å². The first-order valence-corrected chi connectivity index (χ1v) is 8.25. The summed E-state index contributed by atoms with van der Waals surface area (Å²) in [5, 5.41) is 4.32. The van der Waals surface area contributed by atoms with Crippen molar-refractivity contribution < 1.29 is 4.79 Å². The summed E-state index contributed by atoms with van der Waals surface area (Å²) in [5.74, 6) is 1.12. The molecule has 1 aromatic carbocycles. The van der Waals surface area contributed by atoms with E-state index in [1.165, 1.54) is 5.56 Å². The second-order valence-corrected chi connectivity index (χ2v) is 6.21. The SMILES string of the molecule is Cc1ccnc2nc(C(=O)N3CCC(c4ccccc4)CC3)nn12. The van der Waals surface area contributed by atoms with Crippen molar-refractivity contribution in [1.82, 2.24) is 24.5 Å². The van der Waals surface area contributed by atoms with Crippen LogP contribution in [-0.4, -0.2) is 43.5 Å². The molecule has 24 heavy (non-hydrogen) atoms. The number of rotatable bonds is 2. The van der Waals surface area contributed by atoms with Gasteiger partial charge in [-0.15, -0.1) is 5.10 Å². The van der Waals surface area contributed by atoms with Gasteiger partial charge in [0.05, 0.1) is 0 Å². The van der Waals surface area contributed by atoms with E-state index in [9.17, 15) is 4.79 Å². The van der Waals surface area contributed by atoms with Crippen LogP contribution in [0, 0.1) is 6.92 Å². The number of carbonyl (C=O) groups excluding carboxylic acids is 1. The minimum absolute atomic E-state index is 0.105. The van der Waals surface area contributed by atoms with Gasteiger partial charge >= 0.3 is 0 Å². The number of fused-ring (bicyclic) bond motifs is 1. The van der Waals surface area contributed by atoms with Gasteiger partial charge in [-0.05, 0) is 37.3 Å². The third kappa shape index (κ3) is 2.64. The Morgan fingerprint density at radius 1 is 1.12 bits per heavy atom. The summed E-state index contributed by atoms with van der Waals surface area (Å²) in [7, 11) is 0. The average molecular weight is 321 g/mol. The Hall–Kier alpha value is -2.76. The van der Waals surface area contributed by atoms with Crippen LogP contribution >= 0.6 is 0 Å². The fraction of sp³-hybridized carbons (Fsp3) is 0.333. The van der Waals surface area contributed by atoms with Gasteiger partial charge in [-0.25, -0.2) is 9.50 Å². The molecule has 0 atom stereocenters. The van der Waals surface area contributed by atoms with E-state index >= 15 is 0 Å². The van der Waals surface area contributed by atoms with Crippen molar-refractivity contribution in [3.8, 4) is 0 Å². The van der Waals surface area contributed by atoms with Crippen LogP contribution in [0.1, 0.15) is 40.6 Å². The van der Waals surface area contributed by atoms with Crippen molar-refractivity contribution in [2.75, 3.05) is 13.1 Å². The summed E-state index contributed by atoms with van der Waals surface area (Å²) in [6.45, 7) is 3.39. The number of benzene rings is 1. The molecular weight excluding hydrogens is 302 g/mol. The van der Waals surface area contributed by atoms with Crippen molar-refractivity contribution in [3.63, 3.8) is 0 Å². The molecule has 3 heterocycles. The second-order valence-electron chi connectivity index (χ2n) is 6.21. The lowest BCUT2D eigenvalue weighted by atomic mass is 9.89. The standard InChI is InChI=1S/C18H19N5O/c1-13-7-10-19-18-20-16(21-23(13)18)17(24)22-11-8-15(9-12-22)14-5-3-2-4-6-14/h2-7,10,15H,8-9,11-12H2,1H3. The van der Waals surface area contributed by atoms with E-state index in [1.807, 2.05) is 24.0 Å². The lowest BCUT2D eigenvalue weighted by Gasteiger charge is -2.31. The molecule has 1 aliphatic rings. The van der Waals surface area contributed by atoms with E-state index < -0.39 is 0 Å². The molecule has 1 aliphatic heterocycles. The molecule has 0 N–H and O–H groups in total. The van der Waals surface area contributed by atoms with Crippen LogP contribution in [0.4, 0.5) is 0 Å². The molecule has 0 saturated carbocycles. The molecule has 6 heteroatoms. The molecule has 0 bridgehead atoms. The first-order chi connectivity index (χ1) is 11.7. The number of likely N-dealkylation sites (tertiary alicyclic amines) is 1. The second kappa shape index (κ2) is 6.03. The minimum Gasteiger partial charge on any atom is -0.336 e. The van der Waals surface area contributed by atoms with Gasteiger partial charge in [0.15, 0.2) is 0 Å². The fourth-order valence-corrected chi connectivity index (χ4v) is 3.28. The Bertz CT molecular complexity index is 866. The molecular formula is C18H19N5O. The van der Waals surface area contributed by atoms with Crippen LogP contribution < -0.4 is 0 Å². The van der Waals surface area contributed by atoms with Gasteiger partial charge in [0, 0.05) is 25.0 Å². The summed E-state index contributed by atoms with van der Waals surface area (Å²) >= 11 is 0. The molecule has 0 unspecified atom stereocenters. The van der Waals surface area contributed by atoms with Gasteiger partial charge < -0.3 is 4.90 Å². The smallest absolute Gasteiger partial charge is 0.293 e. The van der Waals surface area contributed by atoms with E-state index in [0.717, 1.165) is 31.6 Å². The molecule has 1 fully saturated rings. The number of hydrogen-bond acceptors (Lipinski definition) is 4. The zero-order valence-electron chi connectivity index (χ0n) is 13.6. The lowest BCUT2D eigenvalue weighted by Crippen LogP contribution is -2.38. The summed E-state index contributed by atoms with van der Waals surface area (Å²) in [4.78, 5) is 23.0. The van der Waals surface area contributed by atoms with Crippen molar-refractivity contribution in [2.24, 2.45) is 0 Å². The minimum atomic E-state index is -0.105. The maximum atomic E-state index is 12.7. The van der Waals surface area contributed by atoms with Crippen molar-refractivity contribution in [3.05, 3.63) is 59.7 Å². The number of hydrogen-bond donors (Lipinski definition) is 0. The molecule has 2 aromatic heterocycles. The number of carbonyl (C=O) groups is 1. The quantitative estimate of drug-likeness (QED) is 0.727. The van der Waals surface area contributed by atoms with Crippen LogP contribution in [0.15, 0.2) is 42.6 Å². The Morgan fingerprint density at radius 3 is 2.58 bits per heavy atom. The highest BCUT2D eigenvalue weighted by Gasteiger charge is 2.27. The molecule has 0 spiro atoms. The first kappa shape index (κ1) is 14.8. The molecule has 3 aromatic rings. The summed E-state index contributed by atoms with van der Waals surface area (Å²) in [6.07, 6.45) is 3.62. The maximum absolute atomic E-state index is 12.7. The zero-order valence-corrected chi connectivity index (χ0v) is 13.6. The topological polar surface area (TPSA) is 63.4 Å². The van der Waals surface area contributed by atoms with Gasteiger partial charge in [-0.2, -0.15) is 4.98 Å². The highest BCUT2D eigenvalue weighted by molar-refractivity contribution is 5.91. The Kier molecular flexibility index (Phi) is 3.72. The Morgan fingerprint density at radius 2 is 1.88 bits per heavy atom. The van der Waals surface area contributed by atoms with Gasteiger partial charge in [0.2, 0.25) is 5.82 Å². The highest BCUT2D eigenvalue weighted by atomic mass is 16.2. The monoisotopic (exact) mass is 321 g/mol. The summed E-state index contributed by atoms with van der Waals surface area (Å²) in [5.41, 5.74) is 2.27. The van der Waals surface area contributed by atoms with Crippen LogP contribution in [0.3, 0.4) is 0 Å². The first-order valence-electron chi connectivity index (χ1n) is 8.25. The molecule has 1 saturated heterocycles. The van der Waals surface area contributed by atoms with Crippen LogP contribution in [0.5, 0.6) is 0 Å². The van der Waals surface area contributed by atoms with Crippen LogP contribution in [-0.2, 0) is 0 Å². The van der Waals surface area contributed by atoms with E-state index in [2.05, 4.69) is 39.3 Å². The van der Waals surface area contributed by atoms with Gasteiger partial charge in [-0.1, -0.05) is 30.3 Å². The molecule has 1 amide bonds. The van der Waals surface area contributed by atoms with Gasteiger partial charge in [0.1, 0.15) is 0 Å². The Balaban J connectivity index is 1.48. The summed E-state index contributed by atoms with van der Waals surface area (Å²) < 4.78 is 1.62. The largest absolute Gasteiger partial charge is 0.336 e. The third-order valence-corrected chi connectivity index (χ3v) is 4.67. The molecule has 0 aliphatic carbocycles. The fourth-order valence-electron chi connectivity index (χ4n) is 3.28. The third-order valence-electron chi connectivity index (χ3n) is 4.67. The average Bonchev–Trinajstić information content (AvgIpc) is 3.08. The van der Waals surface area contributed by atoms with Crippen molar-refractivity contribution in [2.45, 2.75) is 25.7 Å². The highest BCUT2D eigenvalue weighted by Crippen LogP contribution is 2.28. The molecule has 122 valence electrons. The molecule has 0 radical (unpaired) electrons. The normalized spacial score (nSPS) is 15.8. The van der Waals surface area contributed by atoms with Crippen molar-refractivity contribution in [1.29, 1.82) is 0 Å². The zero-order chi connectivity index (χ0) is 16.5. The number of aromatic nitrogens is 4. The Labute approximate surface area is 140 Å². The number of amides is 1. The van der Waals surface area contributed by atoms with E-state index in [-0.39, 0.29) is 11.7 Å². The summed E-state index contributed by atoms with van der Waals surface area (Å²) in [6, 6.07) is 12.4. The number of nitrogens with zero attached hydrogens (tertiary/aromatic N) is 5. The predicted octanol–water partition coefficient (Wildman–Crippen LogP) is 2.45. The van der Waals surface area contributed by atoms with Crippen molar-refractivity contribution >= 4 is 11.7 Å². The van der Waals surface area contributed by atoms with Gasteiger partial charge in [0.25, 0.3) is 11.7 Å². The molecule has 4 rings (SSSR count). The van der Waals surface area contributed by atoms with E-state index in [0.29, 0.717) is 11.7 Å². The number of piperidine rings is 1. The molecule has 6 nitrogen and oxygen atoms in total. The van der Waals surface area contributed by atoms with E-state index in [4.69, 9.17) is 0 Å². The van der Waals surface area contributed by atoms with E-state index in [1.54, 1.807) is 10.7 Å². The maximum Gasteiger partial charge on any atom is 0.293 e.